The maximum atomic E-state index is 11.1. The van der Waals surface area contributed by atoms with E-state index in [2.05, 4.69) is 5.32 Å². The molecule has 0 aliphatic heterocycles. The number of nitrogens with one attached hydrogen (secondary N) is 1. The quantitative estimate of drug-likeness (QED) is 0.454. The molecule has 0 spiro atoms. The fourth-order valence-electron chi connectivity index (χ4n) is 2.30. The van der Waals surface area contributed by atoms with E-state index in [1.54, 1.807) is 20.3 Å². The van der Waals surface area contributed by atoms with Crippen molar-refractivity contribution in [2.75, 3.05) is 26.1 Å². The predicted octanol–water partition coefficient (Wildman–Crippen LogP) is 3.08. The smallest absolute Gasteiger partial charge is 0.293 e. The van der Waals surface area contributed by atoms with E-state index in [0.717, 1.165) is 5.56 Å². The Balaban J connectivity index is 2.07. The van der Waals surface area contributed by atoms with Crippen LogP contribution in [0.15, 0.2) is 36.4 Å². The number of methoxy groups -OCH3 is 2. The largest absolute Gasteiger partial charge is 0.493 e. The molecule has 0 atom stereocenters. The van der Waals surface area contributed by atoms with Gasteiger partial charge in [0.2, 0.25) is 0 Å². The molecule has 2 rings (SSSR count). The van der Waals surface area contributed by atoms with Gasteiger partial charge in [-0.1, -0.05) is 6.07 Å². The number of hydrogen-bond acceptors (Lipinski definition) is 6. The van der Waals surface area contributed by atoms with Gasteiger partial charge in [-0.05, 0) is 36.2 Å². The van der Waals surface area contributed by atoms with Gasteiger partial charge in [0.15, 0.2) is 11.5 Å². The fourth-order valence-corrected chi connectivity index (χ4v) is 2.30. The molecule has 0 aromatic heterocycles. The Labute approximate surface area is 139 Å². The minimum atomic E-state index is -0.508. The second-order valence-electron chi connectivity index (χ2n) is 5.02. The zero-order valence-electron chi connectivity index (χ0n) is 13.4. The zero-order chi connectivity index (χ0) is 17.5. The second kappa shape index (κ2) is 7.96. The van der Waals surface area contributed by atoms with Crippen molar-refractivity contribution in [1.29, 1.82) is 0 Å². The van der Waals surface area contributed by atoms with Crippen LogP contribution in [0.3, 0.4) is 0 Å². The van der Waals surface area contributed by atoms with E-state index in [1.165, 1.54) is 12.1 Å². The van der Waals surface area contributed by atoms with Gasteiger partial charge in [-0.25, -0.2) is 0 Å². The van der Waals surface area contributed by atoms with Crippen LogP contribution >= 0.6 is 0 Å². The molecule has 7 nitrogen and oxygen atoms in total. The SMILES string of the molecule is COc1ccc(CCNc2ccc(C=O)cc2[N+](=O)[O-])cc1OC. The molecule has 0 radical (unpaired) electrons. The van der Waals surface area contributed by atoms with Gasteiger partial charge in [0.05, 0.1) is 19.1 Å². The summed E-state index contributed by atoms with van der Waals surface area (Å²) in [6, 6.07) is 9.92. The van der Waals surface area contributed by atoms with Crippen LogP contribution < -0.4 is 14.8 Å². The molecular formula is C17H18N2O5. The van der Waals surface area contributed by atoms with E-state index in [9.17, 15) is 14.9 Å². The normalized spacial score (nSPS) is 10.1. The minimum Gasteiger partial charge on any atom is -0.493 e. The van der Waals surface area contributed by atoms with Crippen LogP contribution in [-0.2, 0) is 6.42 Å². The van der Waals surface area contributed by atoms with E-state index in [4.69, 9.17) is 9.47 Å². The van der Waals surface area contributed by atoms with Crippen molar-refractivity contribution < 1.29 is 19.2 Å². The molecule has 0 heterocycles. The maximum absolute atomic E-state index is 11.1. The third-order valence-electron chi connectivity index (χ3n) is 3.53. The van der Waals surface area contributed by atoms with Crippen LogP contribution in [0, 0.1) is 10.1 Å². The van der Waals surface area contributed by atoms with Crippen LogP contribution in [-0.4, -0.2) is 32.0 Å². The first-order valence-electron chi connectivity index (χ1n) is 7.27. The molecule has 0 aliphatic rings. The number of anilines is 1. The molecule has 0 bridgehead atoms. The number of nitro benzene ring substituents is 1. The highest BCUT2D eigenvalue weighted by Crippen LogP contribution is 2.28. The van der Waals surface area contributed by atoms with Crippen molar-refractivity contribution in [3.05, 3.63) is 57.6 Å². The number of carbonyl (C=O) groups is 1. The van der Waals surface area contributed by atoms with E-state index >= 15 is 0 Å². The molecule has 0 fully saturated rings. The first kappa shape index (κ1) is 17.3. The van der Waals surface area contributed by atoms with E-state index in [0.29, 0.717) is 36.4 Å². The van der Waals surface area contributed by atoms with E-state index < -0.39 is 4.92 Å². The molecule has 2 aromatic carbocycles. The number of rotatable bonds is 8. The number of hydrogen-bond donors (Lipinski definition) is 1. The third-order valence-corrected chi connectivity index (χ3v) is 3.53. The molecule has 7 heteroatoms. The van der Waals surface area contributed by atoms with Gasteiger partial charge in [-0.3, -0.25) is 14.9 Å². The van der Waals surface area contributed by atoms with Crippen molar-refractivity contribution in [3.8, 4) is 11.5 Å². The lowest BCUT2D eigenvalue weighted by molar-refractivity contribution is -0.384. The van der Waals surface area contributed by atoms with Crippen molar-refractivity contribution in [2.24, 2.45) is 0 Å². The number of benzene rings is 2. The molecule has 126 valence electrons. The fraction of sp³-hybridized carbons (Fsp3) is 0.235. The Kier molecular flexibility index (Phi) is 5.73. The molecule has 0 amide bonds. The summed E-state index contributed by atoms with van der Waals surface area (Å²) in [5.41, 5.74) is 1.54. The molecule has 0 saturated carbocycles. The van der Waals surface area contributed by atoms with Crippen molar-refractivity contribution in [3.63, 3.8) is 0 Å². The van der Waals surface area contributed by atoms with Crippen molar-refractivity contribution >= 4 is 17.7 Å². The average molecular weight is 330 g/mol. The molecule has 0 unspecified atom stereocenters. The summed E-state index contributed by atoms with van der Waals surface area (Å²) < 4.78 is 10.4. The standard InChI is InChI=1S/C17H18N2O5/c1-23-16-6-4-12(10-17(16)24-2)7-8-18-14-5-3-13(11-20)9-15(14)19(21)22/h3-6,9-11,18H,7-8H2,1-2H3. The lowest BCUT2D eigenvalue weighted by Gasteiger charge is -2.11. The Bertz CT molecular complexity index is 746. The summed E-state index contributed by atoms with van der Waals surface area (Å²) in [5.74, 6) is 1.28. The van der Waals surface area contributed by atoms with Crippen LogP contribution in [0.25, 0.3) is 0 Å². The highest BCUT2D eigenvalue weighted by Gasteiger charge is 2.14. The molecular weight excluding hydrogens is 312 g/mol. The maximum Gasteiger partial charge on any atom is 0.293 e. The minimum absolute atomic E-state index is 0.119. The molecule has 2 aromatic rings. The van der Waals surface area contributed by atoms with Gasteiger partial charge in [0.1, 0.15) is 12.0 Å². The van der Waals surface area contributed by atoms with E-state index in [-0.39, 0.29) is 11.3 Å². The van der Waals surface area contributed by atoms with Gasteiger partial charge >= 0.3 is 0 Å². The van der Waals surface area contributed by atoms with Gasteiger partial charge < -0.3 is 14.8 Å². The van der Waals surface area contributed by atoms with Crippen molar-refractivity contribution in [2.45, 2.75) is 6.42 Å². The number of nitro groups is 1. The third kappa shape index (κ3) is 4.01. The van der Waals surface area contributed by atoms with E-state index in [1.807, 2.05) is 18.2 Å². The first-order valence-corrected chi connectivity index (χ1v) is 7.27. The van der Waals surface area contributed by atoms with Gasteiger partial charge in [0, 0.05) is 18.2 Å². The number of aldehydes is 1. The van der Waals surface area contributed by atoms with Gasteiger partial charge in [-0.15, -0.1) is 0 Å². The number of ether oxygens (including phenoxy) is 2. The van der Waals surface area contributed by atoms with Crippen LogP contribution in [0.5, 0.6) is 11.5 Å². The summed E-state index contributed by atoms with van der Waals surface area (Å²) in [5, 5.41) is 14.1. The molecule has 1 N–H and O–H groups in total. The topological polar surface area (TPSA) is 90.7 Å². The summed E-state index contributed by atoms with van der Waals surface area (Å²) in [4.78, 5) is 21.3. The highest BCUT2D eigenvalue weighted by atomic mass is 16.6. The molecule has 0 saturated heterocycles. The van der Waals surface area contributed by atoms with Crippen LogP contribution in [0.4, 0.5) is 11.4 Å². The lowest BCUT2D eigenvalue weighted by atomic mass is 10.1. The summed E-state index contributed by atoms with van der Waals surface area (Å²) in [6.45, 7) is 0.497. The Morgan fingerprint density at radius 2 is 1.88 bits per heavy atom. The molecule has 24 heavy (non-hydrogen) atoms. The summed E-state index contributed by atoms with van der Waals surface area (Å²) >= 11 is 0. The van der Waals surface area contributed by atoms with Gasteiger partial charge in [-0.2, -0.15) is 0 Å². The van der Waals surface area contributed by atoms with Crippen molar-refractivity contribution in [1.82, 2.24) is 0 Å². The van der Waals surface area contributed by atoms with Crippen LogP contribution in [0.2, 0.25) is 0 Å². The Hall–Kier alpha value is -3.09. The summed E-state index contributed by atoms with van der Waals surface area (Å²) in [6.07, 6.45) is 1.23. The monoisotopic (exact) mass is 330 g/mol. The van der Waals surface area contributed by atoms with Gasteiger partial charge in [0.25, 0.3) is 5.69 Å². The lowest BCUT2D eigenvalue weighted by Crippen LogP contribution is -2.07. The highest BCUT2D eigenvalue weighted by molar-refractivity contribution is 5.79. The first-order chi connectivity index (χ1) is 11.6. The number of nitrogens with zero attached hydrogens (tertiary/aromatic N) is 1. The average Bonchev–Trinajstić information content (AvgIpc) is 2.61. The Morgan fingerprint density at radius 1 is 1.12 bits per heavy atom. The second-order valence-corrected chi connectivity index (χ2v) is 5.02. The number of carbonyl (C=O) groups excluding carboxylic acids is 1. The Morgan fingerprint density at radius 3 is 2.50 bits per heavy atom. The zero-order valence-corrected chi connectivity index (χ0v) is 13.4. The van der Waals surface area contributed by atoms with Crippen LogP contribution in [0.1, 0.15) is 15.9 Å². The summed E-state index contributed by atoms with van der Waals surface area (Å²) in [7, 11) is 3.14. The molecule has 0 aliphatic carbocycles. The predicted molar refractivity (Wildman–Crippen MR) is 90.2 cm³/mol.